The van der Waals surface area contributed by atoms with Gasteiger partial charge < -0.3 is 36.2 Å². The van der Waals surface area contributed by atoms with Gasteiger partial charge in [0.1, 0.15) is 6.04 Å². The summed E-state index contributed by atoms with van der Waals surface area (Å²) in [4.78, 5) is 54.2. The standard InChI is InChI=1S/C11H17N3O7S/c12-6(11(20)21)1-2-8(16)14-7(4-22-5-15)10(19)13-3-9(17)18/h5-7H,1-4,12H2,(H,13,19)(H,14,16)(H,17,18)(H,20,21)/p-2/t6-,7-/m0/s1. The van der Waals surface area contributed by atoms with Gasteiger partial charge in [-0.2, -0.15) is 0 Å². The van der Waals surface area contributed by atoms with Crippen molar-refractivity contribution in [2.45, 2.75) is 24.9 Å². The fourth-order valence-electron chi connectivity index (χ4n) is 1.27. The van der Waals surface area contributed by atoms with E-state index in [2.05, 4.69) is 5.32 Å². The molecule has 0 bridgehead atoms. The lowest BCUT2D eigenvalue weighted by Crippen LogP contribution is -2.51. The lowest BCUT2D eigenvalue weighted by atomic mass is 10.1. The fourth-order valence-corrected chi connectivity index (χ4v) is 1.78. The number of hydrogen-bond acceptors (Lipinski definition) is 9. The molecule has 0 aromatic heterocycles. The quantitative estimate of drug-likeness (QED) is 0.312. The van der Waals surface area contributed by atoms with E-state index in [1.54, 1.807) is 0 Å². The zero-order valence-corrected chi connectivity index (χ0v) is 12.2. The van der Waals surface area contributed by atoms with Crippen LogP contribution in [0.4, 0.5) is 0 Å². The van der Waals surface area contributed by atoms with Crippen LogP contribution in [0.15, 0.2) is 0 Å². The largest absolute Gasteiger partial charge is 0.548 e. The zero-order valence-electron chi connectivity index (χ0n) is 11.4. The van der Waals surface area contributed by atoms with Crippen LogP contribution in [0.25, 0.3) is 0 Å². The zero-order chi connectivity index (χ0) is 17.1. The Balaban J connectivity index is 4.46. The van der Waals surface area contributed by atoms with Crippen molar-refractivity contribution in [3.63, 3.8) is 0 Å². The number of nitrogens with one attached hydrogen (secondary N) is 2. The summed E-state index contributed by atoms with van der Waals surface area (Å²) in [6, 6.07) is -2.47. The lowest BCUT2D eigenvalue weighted by Gasteiger charge is -2.18. The van der Waals surface area contributed by atoms with Crippen LogP contribution in [0.5, 0.6) is 0 Å². The minimum absolute atomic E-state index is 0.110. The van der Waals surface area contributed by atoms with Crippen LogP contribution in [-0.2, 0) is 24.0 Å². The minimum Gasteiger partial charge on any atom is -0.548 e. The van der Waals surface area contributed by atoms with Crippen molar-refractivity contribution in [3.05, 3.63) is 0 Å². The summed E-state index contributed by atoms with van der Waals surface area (Å²) < 4.78 is 0. The first-order chi connectivity index (χ1) is 10.3. The first-order valence-electron chi connectivity index (χ1n) is 6.06. The summed E-state index contributed by atoms with van der Waals surface area (Å²) in [7, 11) is 0. The predicted octanol–water partition coefficient (Wildman–Crippen LogP) is -4.88. The highest BCUT2D eigenvalue weighted by atomic mass is 32.2. The normalized spacial score (nSPS) is 12.8. The lowest BCUT2D eigenvalue weighted by molar-refractivity contribution is -0.308. The highest BCUT2D eigenvalue weighted by molar-refractivity contribution is 8.11. The van der Waals surface area contributed by atoms with Gasteiger partial charge in [-0.1, -0.05) is 11.8 Å². The van der Waals surface area contributed by atoms with Crippen LogP contribution in [-0.4, -0.2) is 53.8 Å². The van der Waals surface area contributed by atoms with Crippen molar-refractivity contribution >= 4 is 41.1 Å². The van der Waals surface area contributed by atoms with Gasteiger partial charge >= 0.3 is 0 Å². The summed E-state index contributed by atoms with van der Waals surface area (Å²) >= 11 is 0.702. The number of thioether (sulfide) groups is 1. The number of carbonyl (C=O) groups is 5. The second-order valence-electron chi connectivity index (χ2n) is 4.10. The Hall–Kier alpha value is -2.14. The summed E-state index contributed by atoms with van der Waals surface area (Å²) in [5, 5.41) is 24.9. The summed E-state index contributed by atoms with van der Waals surface area (Å²) in [6.45, 7) is -0.744. The topological polar surface area (TPSA) is 182 Å². The third-order valence-electron chi connectivity index (χ3n) is 2.37. The maximum atomic E-state index is 11.7. The molecule has 11 heteroatoms. The molecule has 0 aliphatic carbocycles. The molecule has 4 N–H and O–H groups in total. The monoisotopic (exact) mass is 333 g/mol. The number of carboxylic acid groups (broad SMARTS) is 2. The summed E-state index contributed by atoms with van der Waals surface area (Å²) in [5.74, 6) is -4.61. The molecular weight excluding hydrogens is 318 g/mol. The number of carbonyl (C=O) groups excluding carboxylic acids is 5. The number of nitrogens with two attached hydrogens (primary N) is 1. The van der Waals surface area contributed by atoms with Crippen molar-refractivity contribution in [2.75, 3.05) is 12.3 Å². The highest BCUT2D eigenvalue weighted by Gasteiger charge is 2.20. The Kier molecular flexibility index (Phi) is 9.54. The first kappa shape index (κ1) is 19.9. The Morgan fingerprint density at radius 1 is 1.23 bits per heavy atom. The Morgan fingerprint density at radius 3 is 2.36 bits per heavy atom. The highest BCUT2D eigenvalue weighted by Crippen LogP contribution is 2.01. The Labute approximate surface area is 129 Å². The molecule has 0 radical (unpaired) electrons. The van der Waals surface area contributed by atoms with E-state index in [-0.39, 0.29) is 18.6 Å². The van der Waals surface area contributed by atoms with Crippen LogP contribution in [0, 0.1) is 0 Å². The van der Waals surface area contributed by atoms with E-state index in [0.717, 1.165) is 0 Å². The van der Waals surface area contributed by atoms with Gasteiger partial charge in [-0.25, -0.2) is 0 Å². The van der Waals surface area contributed by atoms with E-state index >= 15 is 0 Å². The molecule has 0 saturated carbocycles. The van der Waals surface area contributed by atoms with Crippen molar-refractivity contribution in [2.24, 2.45) is 5.73 Å². The van der Waals surface area contributed by atoms with Crippen LogP contribution in [0.2, 0.25) is 0 Å². The van der Waals surface area contributed by atoms with Crippen molar-refractivity contribution < 1.29 is 34.2 Å². The number of amides is 2. The van der Waals surface area contributed by atoms with Gasteiger partial charge in [-0.3, -0.25) is 14.4 Å². The van der Waals surface area contributed by atoms with Crippen LogP contribution in [0.3, 0.4) is 0 Å². The predicted molar refractivity (Wildman–Crippen MR) is 71.4 cm³/mol. The molecule has 22 heavy (non-hydrogen) atoms. The smallest absolute Gasteiger partial charge is 0.243 e. The maximum Gasteiger partial charge on any atom is 0.243 e. The van der Waals surface area contributed by atoms with Gasteiger partial charge in [0.05, 0.1) is 18.5 Å². The molecule has 2 atom stereocenters. The van der Waals surface area contributed by atoms with Crippen LogP contribution in [0.1, 0.15) is 12.8 Å². The number of aliphatic carboxylic acids is 2. The molecule has 0 aliphatic heterocycles. The molecular formula is C11H15N3O7S-2. The second-order valence-corrected chi connectivity index (χ2v) is 4.96. The third-order valence-corrected chi connectivity index (χ3v) is 3.04. The van der Waals surface area contributed by atoms with E-state index in [1.807, 2.05) is 5.32 Å². The van der Waals surface area contributed by atoms with E-state index < -0.39 is 42.4 Å². The van der Waals surface area contributed by atoms with Gasteiger partial charge in [0.15, 0.2) is 5.62 Å². The van der Waals surface area contributed by atoms with E-state index in [1.165, 1.54) is 0 Å². The van der Waals surface area contributed by atoms with Crippen molar-refractivity contribution in [1.82, 2.24) is 10.6 Å². The molecule has 2 amide bonds. The molecule has 0 spiro atoms. The van der Waals surface area contributed by atoms with Gasteiger partial charge in [-0.15, -0.1) is 0 Å². The van der Waals surface area contributed by atoms with E-state index in [4.69, 9.17) is 5.73 Å². The SMILES string of the molecule is N[C@@H](CCC(=O)N[C@@H](CSC=O)C(=O)NCC(=O)[O-])C(=O)[O-]. The fraction of sp³-hybridized carbons (Fsp3) is 0.545. The maximum absolute atomic E-state index is 11.7. The van der Waals surface area contributed by atoms with Gasteiger partial charge in [-0.05, 0) is 6.42 Å². The van der Waals surface area contributed by atoms with Crippen molar-refractivity contribution in [1.29, 1.82) is 0 Å². The van der Waals surface area contributed by atoms with Crippen LogP contribution >= 0.6 is 11.8 Å². The number of hydrogen-bond donors (Lipinski definition) is 3. The molecule has 0 aromatic rings. The molecule has 0 aliphatic rings. The minimum atomic E-state index is -1.51. The number of rotatable bonds is 11. The molecule has 0 unspecified atom stereocenters. The van der Waals surface area contributed by atoms with Gasteiger partial charge in [0.2, 0.25) is 11.8 Å². The van der Waals surface area contributed by atoms with Crippen molar-refractivity contribution in [3.8, 4) is 0 Å². The second kappa shape index (κ2) is 10.6. The molecule has 124 valence electrons. The summed E-state index contributed by atoms with van der Waals surface area (Å²) in [6.07, 6.45) is -0.465. The van der Waals surface area contributed by atoms with Crippen LogP contribution < -0.4 is 26.6 Å². The van der Waals surface area contributed by atoms with Gasteiger partial charge in [0.25, 0.3) is 0 Å². The molecule has 0 saturated heterocycles. The Bertz CT molecular complexity index is 443. The molecule has 10 nitrogen and oxygen atoms in total. The molecule has 0 heterocycles. The number of carboxylic acids is 2. The Morgan fingerprint density at radius 2 is 1.86 bits per heavy atom. The molecule has 0 rings (SSSR count). The third kappa shape index (κ3) is 8.92. The first-order valence-corrected chi connectivity index (χ1v) is 7.11. The van der Waals surface area contributed by atoms with E-state index in [0.29, 0.717) is 17.4 Å². The average molecular weight is 333 g/mol. The molecule has 0 fully saturated rings. The van der Waals surface area contributed by atoms with Gasteiger partial charge in [0, 0.05) is 18.2 Å². The molecule has 0 aromatic carbocycles. The summed E-state index contributed by atoms with van der Waals surface area (Å²) in [5.41, 5.74) is 5.63. The average Bonchev–Trinajstić information content (AvgIpc) is 2.46. The van der Waals surface area contributed by atoms with E-state index in [9.17, 15) is 34.2 Å².